The molecule has 124 valence electrons. The van der Waals surface area contributed by atoms with E-state index in [0.29, 0.717) is 12.4 Å². The first-order valence-corrected chi connectivity index (χ1v) is 8.34. The van der Waals surface area contributed by atoms with Gasteiger partial charge in [-0.2, -0.15) is 4.98 Å². The molecular weight excluding hydrogens is 312 g/mol. The van der Waals surface area contributed by atoms with Crippen LogP contribution < -0.4 is 5.32 Å². The Morgan fingerprint density at radius 2 is 2.22 bits per heavy atom. The van der Waals surface area contributed by atoms with Crippen molar-refractivity contribution in [3.05, 3.63) is 46.6 Å². The number of rotatable bonds is 3. The third kappa shape index (κ3) is 3.91. The van der Waals surface area contributed by atoms with Crippen molar-refractivity contribution in [2.45, 2.75) is 38.8 Å². The van der Waals surface area contributed by atoms with Crippen molar-refractivity contribution in [1.82, 2.24) is 20.4 Å². The highest BCUT2D eigenvalue weighted by molar-refractivity contribution is 6.30. The number of benzene rings is 1. The van der Waals surface area contributed by atoms with Gasteiger partial charge in [-0.05, 0) is 17.7 Å². The second-order valence-electron chi connectivity index (χ2n) is 7.01. The van der Waals surface area contributed by atoms with Crippen LogP contribution >= 0.6 is 11.6 Å². The number of nitrogens with zero attached hydrogens (tertiary/aromatic N) is 3. The summed E-state index contributed by atoms with van der Waals surface area (Å²) in [5, 5.41) is 8.36. The fourth-order valence-electron chi connectivity index (χ4n) is 2.78. The normalized spacial score (nSPS) is 19.9. The maximum Gasteiger partial charge on any atom is 0.232 e. The van der Waals surface area contributed by atoms with Crippen LogP contribution in [0.4, 0.5) is 0 Å². The summed E-state index contributed by atoms with van der Waals surface area (Å²) in [5.41, 5.74) is 1.09. The molecule has 1 atom stereocenters. The lowest BCUT2D eigenvalue weighted by Gasteiger charge is -2.35. The molecule has 5 nitrogen and oxygen atoms in total. The van der Waals surface area contributed by atoms with E-state index in [1.165, 1.54) is 5.56 Å². The van der Waals surface area contributed by atoms with Crippen molar-refractivity contribution < 1.29 is 4.52 Å². The zero-order valence-electron chi connectivity index (χ0n) is 13.8. The van der Waals surface area contributed by atoms with Gasteiger partial charge in [-0.15, -0.1) is 0 Å². The second-order valence-corrected chi connectivity index (χ2v) is 7.45. The van der Waals surface area contributed by atoms with E-state index in [1.54, 1.807) is 0 Å². The van der Waals surface area contributed by atoms with Gasteiger partial charge in [0.05, 0.1) is 6.54 Å². The summed E-state index contributed by atoms with van der Waals surface area (Å²) in [4.78, 5) is 6.93. The standard InChI is InChI=1S/C17H23ClN4O/c1-17(2,3)16-20-15(21-23-16)11-22-8-7-19-10-14(22)12-5-4-6-13(18)9-12/h4-6,9,14,19H,7-8,10-11H2,1-3H3. The molecule has 0 amide bonds. The van der Waals surface area contributed by atoms with Gasteiger partial charge in [0.15, 0.2) is 5.82 Å². The molecule has 0 radical (unpaired) electrons. The van der Waals surface area contributed by atoms with E-state index in [4.69, 9.17) is 16.1 Å². The molecule has 1 aromatic heterocycles. The van der Waals surface area contributed by atoms with Crippen LogP contribution in [0.1, 0.15) is 44.1 Å². The molecule has 0 saturated carbocycles. The fraction of sp³-hybridized carbons (Fsp3) is 0.529. The largest absolute Gasteiger partial charge is 0.339 e. The zero-order chi connectivity index (χ0) is 16.4. The highest BCUT2D eigenvalue weighted by Crippen LogP contribution is 2.26. The van der Waals surface area contributed by atoms with Crippen LogP contribution in [0.15, 0.2) is 28.8 Å². The minimum absolute atomic E-state index is 0.124. The number of aromatic nitrogens is 2. The van der Waals surface area contributed by atoms with Crippen LogP contribution in [0, 0.1) is 0 Å². The highest BCUT2D eigenvalue weighted by atomic mass is 35.5. The molecular formula is C17H23ClN4O. The van der Waals surface area contributed by atoms with Crippen molar-refractivity contribution in [1.29, 1.82) is 0 Å². The quantitative estimate of drug-likeness (QED) is 0.934. The third-order valence-corrected chi connectivity index (χ3v) is 4.28. The van der Waals surface area contributed by atoms with Gasteiger partial charge in [-0.3, -0.25) is 4.90 Å². The lowest BCUT2D eigenvalue weighted by molar-refractivity contribution is 0.148. The fourth-order valence-corrected chi connectivity index (χ4v) is 2.98. The maximum absolute atomic E-state index is 6.15. The molecule has 0 spiro atoms. The van der Waals surface area contributed by atoms with Crippen LogP contribution in [0.3, 0.4) is 0 Å². The third-order valence-electron chi connectivity index (χ3n) is 4.04. The Morgan fingerprint density at radius 3 is 2.91 bits per heavy atom. The molecule has 0 aliphatic carbocycles. The molecule has 1 unspecified atom stereocenters. The van der Waals surface area contributed by atoms with Crippen molar-refractivity contribution >= 4 is 11.6 Å². The van der Waals surface area contributed by atoms with Crippen molar-refractivity contribution in [2.75, 3.05) is 19.6 Å². The summed E-state index contributed by atoms with van der Waals surface area (Å²) < 4.78 is 5.41. The maximum atomic E-state index is 6.15. The number of nitrogens with one attached hydrogen (secondary N) is 1. The van der Waals surface area contributed by atoms with E-state index in [9.17, 15) is 0 Å². The van der Waals surface area contributed by atoms with Gasteiger partial charge < -0.3 is 9.84 Å². The summed E-state index contributed by atoms with van der Waals surface area (Å²) >= 11 is 6.15. The van der Waals surface area contributed by atoms with Crippen molar-refractivity contribution in [2.24, 2.45) is 0 Å². The summed E-state index contributed by atoms with van der Waals surface area (Å²) in [5.74, 6) is 1.42. The highest BCUT2D eigenvalue weighted by Gasteiger charge is 2.27. The van der Waals surface area contributed by atoms with Crippen molar-refractivity contribution in [3.63, 3.8) is 0 Å². The molecule has 1 aromatic carbocycles. The molecule has 1 N–H and O–H groups in total. The van der Waals surface area contributed by atoms with Gasteiger partial charge in [0.1, 0.15) is 0 Å². The molecule has 2 aromatic rings. The Labute approximate surface area is 142 Å². The number of piperazine rings is 1. The van der Waals surface area contributed by atoms with E-state index in [2.05, 4.69) is 47.2 Å². The van der Waals surface area contributed by atoms with Gasteiger partial charge >= 0.3 is 0 Å². The van der Waals surface area contributed by atoms with E-state index in [-0.39, 0.29) is 11.5 Å². The van der Waals surface area contributed by atoms with Gasteiger partial charge in [0, 0.05) is 36.1 Å². The van der Waals surface area contributed by atoms with Gasteiger partial charge in [-0.25, -0.2) is 0 Å². The first kappa shape index (κ1) is 16.4. The molecule has 1 aliphatic rings. The Morgan fingerprint density at radius 1 is 1.39 bits per heavy atom. The number of hydrogen-bond acceptors (Lipinski definition) is 5. The van der Waals surface area contributed by atoms with E-state index < -0.39 is 0 Å². The van der Waals surface area contributed by atoms with Crippen LogP contribution in [-0.4, -0.2) is 34.7 Å². The summed E-state index contributed by atoms with van der Waals surface area (Å²) in [6.45, 7) is 9.69. The minimum atomic E-state index is -0.124. The summed E-state index contributed by atoms with van der Waals surface area (Å²) in [6.07, 6.45) is 0. The van der Waals surface area contributed by atoms with Gasteiger partial charge in [0.25, 0.3) is 0 Å². The van der Waals surface area contributed by atoms with E-state index in [1.807, 2.05) is 18.2 Å². The van der Waals surface area contributed by atoms with Gasteiger partial charge in [0.2, 0.25) is 5.89 Å². The SMILES string of the molecule is CC(C)(C)c1nc(CN2CCNCC2c2cccc(Cl)c2)no1. The zero-order valence-corrected chi connectivity index (χ0v) is 14.6. The molecule has 3 rings (SSSR count). The summed E-state index contributed by atoms with van der Waals surface area (Å²) in [6, 6.07) is 8.31. The lowest BCUT2D eigenvalue weighted by atomic mass is 9.97. The minimum Gasteiger partial charge on any atom is -0.339 e. The molecule has 1 fully saturated rings. The van der Waals surface area contributed by atoms with E-state index in [0.717, 1.165) is 30.5 Å². The summed E-state index contributed by atoms with van der Waals surface area (Å²) in [7, 11) is 0. The topological polar surface area (TPSA) is 54.2 Å². The Bertz CT molecular complexity index is 665. The average molecular weight is 335 g/mol. The van der Waals surface area contributed by atoms with Crippen LogP contribution in [0.25, 0.3) is 0 Å². The van der Waals surface area contributed by atoms with E-state index >= 15 is 0 Å². The second kappa shape index (κ2) is 6.59. The van der Waals surface area contributed by atoms with Crippen LogP contribution in [-0.2, 0) is 12.0 Å². The molecule has 23 heavy (non-hydrogen) atoms. The predicted molar refractivity (Wildman–Crippen MR) is 90.5 cm³/mol. The molecule has 0 bridgehead atoms. The number of halogens is 1. The van der Waals surface area contributed by atoms with Crippen molar-refractivity contribution in [3.8, 4) is 0 Å². The first-order valence-electron chi connectivity index (χ1n) is 7.97. The Balaban J connectivity index is 1.78. The van der Waals surface area contributed by atoms with Crippen LogP contribution in [0.2, 0.25) is 5.02 Å². The Kier molecular flexibility index (Phi) is 4.71. The lowest BCUT2D eigenvalue weighted by Crippen LogP contribution is -2.45. The Hall–Kier alpha value is -1.43. The molecule has 1 aliphatic heterocycles. The molecule has 2 heterocycles. The average Bonchev–Trinajstić information content (AvgIpc) is 2.96. The van der Waals surface area contributed by atoms with Gasteiger partial charge in [-0.1, -0.05) is 49.7 Å². The smallest absolute Gasteiger partial charge is 0.232 e. The first-order chi connectivity index (χ1) is 10.9. The molecule has 1 saturated heterocycles. The van der Waals surface area contributed by atoms with Crippen LogP contribution in [0.5, 0.6) is 0 Å². The monoisotopic (exact) mass is 334 g/mol. The molecule has 6 heteroatoms. The predicted octanol–water partition coefficient (Wildman–Crippen LogP) is 3.17. The number of hydrogen-bond donors (Lipinski definition) is 1.